The zero-order chi connectivity index (χ0) is 14.9. The van der Waals surface area contributed by atoms with Crippen molar-refractivity contribution in [3.63, 3.8) is 0 Å². The molecule has 0 spiro atoms. The molecule has 0 saturated carbocycles. The van der Waals surface area contributed by atoms with E-state index in [0.717, 1.165) is 10.0 Å². The number of anilines is 2. The van der Waals surface area contributed by atoms with Crippen LogP contribution in [-0.4, -0.2) is 8.42 Å². The number of hydrogen-bond donors (Lipinski definition) is 2. The molecule has 4 nitrogen and oxygen atoms in total. The van der Waals surface area contributed by atoms with Crippen molar-refractivity contribution in [2.24, 2.45) is 0 Å². The first kappa shape index (κ1) is 15.3. The molecule has 3 N–H and O–H groups in total. The summed E-state index contributed by atoms with van der Waals surface area (Å²) in [5.74, 6) is 0. The Labute approximate surface area is 134 Å². The molecule has 0 saturated heterocycles. The molecule has 0 radical (unpaired) electrons. The van der Waals surface area contributed by atoms with Crippen molar-refractivity contribution >= 4 is 53.3 Å². The van der Waals surface area contributed by atoms with Crippen LogP contribution in [0.25, 0.3) is 0 Å². The molecule has 0 aliphatic rings. The maximum absolute atomic E-state index is 12.3. The molecular formula is C13H12Br2N2O2S. The molecule has 0 bridgehead atoms. The molecule has 0 aliphatic heterocycles. The molecule has 0 heterocycles. The molecule has 0 aliphatic carbocycles. The molecule has 0 unspecified atom stereocenters. The van der Waals surface area contributed by atoms with E-state index in [1.807, 2.05) is 13.0 Å². The van der Waals surface area contributed by atoms with E-state index in [-0.39, 0.29) is 4.90 Å². The monoisotopic (exact) mass is 418 g/mol. The molecule has 0 fully saturated rings. The average molecular weight is 420 g/mol. The van der Waals surface area contributed by atoms with Crippen molar-refractivity contribution in [2.75, 3.05) is 10.5 Å². The van der Waals surface area contributed by atoms with Crippen molar-refractivity contribution in [2.45, 2.75) is 11.8 Å². The first-order valence-corrected chi connectivity index (χ1v) is 8.70. The second kappa shape index (κ2) is 5.75. The van der Waals surface area contributed by atoms with Gasteiger partial charge in [-0.2, -0.15) is 0 Å². The zero-order valence-electron chi connectivity index (χ0n) is 10.5. The predicted octanol–water partition coefficient (Wildman–Crippen LogP) is 3.90. The number of halogens is 2. The molecule has 106 valence electrons. The van der Waals surface area contributed by atoms with Crippen LogP contribution in [0.2, 0.25) is 0 Å². The summed E-state index contributed by atoms with van der Waals surface area (Å²) in [6.45, 7) is 1.84. The van der Waals surface area contributed by atoms with Crippen molar-refractivity contribution < 1.29 is 8.42 Å². The van der Waals surface area contributed by atoms with E-state index in [9.17, 15) is 8.42 Å². The summed E-state index contributed by atoms with van der Waals surface area (Å²) in [7, 11) is -3.67. The summed E-state index contributed by atoms with van der Waals surface area (Å²) in [4.78, 5) is 0.201. The van der Waals surface area contributed by atoms with Gasteiger partial charge in [-0.3, -0.25) is 4.72 Å². The Morgan fingerprint density at radius 1 is 1.15 bits per heavy atom. The van der Waals surface area contributed by atoms with Crippen LogP contribution in [0.4, 0.5) is 11.4 Å². The maximum atomic E-state index is 12.3. The van der Waals surface area contributed by atoms with Gasteiger partial charge in [-0.1, -0.05) is 28.1 Å². The Morgan fingerprint density at radius 3 is 2.45 bits per heavy atom. The third-order valence-electron chi connectivity index (χ3n) is 2.62. The van der Waals surface area contributed by atoms with Crippen molar-refractivity contribution in [3.05, 3.63) is 50.9 Å². The SMILES string of the molecule is Cc1cccc(S(=O)(=O)Nc2c(N)cc(Br)cc2Br)c1. The van der Waals surface area contributed by atoms with E-state index in [0.29, 0.717) is 15.8 Å². The Bertz CT molecular complexity index is 738. The quantitative estimate of drug-likeness (QED) is 0.741. The fraction of sp³-hybridized carbons (Fsp3) is 0.0769. The number of rotatable bonds is 3. The molecule has 2 rings (SSSR count). The Kier molecular flexibility index (Phi) is 4.41. The largest absolute Gasteiger partial charge is 0.397 e. The summed E-state index contributed by atoms with van der Waals surface area (Å²) in [6.07, 6.45) is 0. The van der Waals surface area contributed by atoms with Crippen molar-refractivity contribution in [1.29, 1.82) is 0 Å². The Morgan fingerprint density at radius 2 is 1.85 bits per heavy atom. The van der Waals surface area contributed by atoms with E-state index in [2.05, 4.69) is 36.6 Å². The summed E-state index contributed by atoms with van der Waals surface area (Å²) < 4.78 is 28.5. The van der Waals surface area contributed by atoms with Gasteiger partial charge in [-0.15, -0.1) is 0 Å². The van der Waals surface area contributed by atoms with Gasteiger partial charge in [0.2, 0.25) is 0 Å². The highest BCUT2D eigenvalue weighted by Gasteiger charge is 2.17. The number of benzene rings is 2. The van der Waals surface area contributed by atoms with Gasteiger partial charge in [0.05, 0.1) is 16.3 Å². The highest BCUT2D eigenvalue weighted by atomic mass is 79.9. The summed E-state index contributed by atoms with van der Waals surface area (Å²) in [5, 5.41) is 0. The molecule has 20 heavy (non-hydrogen) atoms. The molecule has 2 aromatic rings. The van der Waals surface area contributed by atoms with Gasteiger partial charge < -0.3 is 5.73 Å². The van der Waals surface area contributed by atoms with Gasteiger partial charge in [0, 0.05) is 8.95 Å². The lowest BCUT2D eigenvalue weighted by atomic mass is 10.2. The van der Waals surface area contributed by atoms with Gasteiger partial charge in [0.25, 0.3) is 10.0 Å². The topological polar surface area (TPSA) is 72.2 Å². The highest BCUT2D eigenvalue weighted by molar-refractivity contribution is 9.11. The third kappa shape index (κ3) is 3.34. The second-order valence-corrected chi connectivity index (χ2v) is 7.73. The van der Waals surface area contributed by atoms with Gasteiger partial charge in [0.1, 0.15) is 0 Å². The van der Waals surface area contributed by atoms with E-state index in [1.54, 1.807) is 24.3 Å². The molecule has 7 heteroatoms. The van der Waals surface area contributed by atoms with Crippen molar-refractivity contribution in [3.8, 4) is 0 Å². The Hall–Kier alpha value is -1.05. The fourth-order valence-electron chi connectivity index (χ4n) is 1.68. The normalized spacial score (nSPS) is 11.3. The molecule has 0 atom stereocenters. The number of aryl methyl sites for hydroxylation is 1. The minimum Gasteiger partial charge on any atom is -0.397 e. The molecule has 0 amide bonds. The van der Waals surface area contributed by atoms with Crippen LogP contribution >= 0.6 is 31.9 Å². The first-order valence-electron chi connectivity index (χ1n) is 5.63. The summed E-state index contributed by atoms with van der Waals surface area (Å²) >= 11 is 6.59. The number of nitrogen functional groups attached to an aromatic ring is 1. The first-order chi connectivity index (χ1) is 9.29. The van der Waals surface area contributed by atoms with E-state index in [1.165, 1.54) is 6.07 Å². The lowest BCUT2D eigenvalue weighted by molar-refractivity contribution is 0.601. The molecule has 2 aromatic carbocycles. The summed E-state index contributed by atoms with van der Waals surface area (Å²) in [6, 6.07) is 10.0. The zero-order valence-corrected chi connectivity index (χ0v) is 14.5. The van der Waals surface area contributed by atoms with Crippen LogP contribution in [0.15, 0.2) is 50.2 Å². The molecular weight excluding hydrogens is 408 g/mol. The minimum atomic E-state index is -3.67. The number of sulfonamides is 1. The predicted molar refractivity (Wildman–Crippen MR) is 88.2 cm³/mol. The van der Waals surface area contributed by atoms with Crippen LogP contribution < -0.4 is 10.5 Å². The van der Waals surface area contributed by atoms with Crippen LogP contribution in [0.3, 0.4) is 0 Å². The van der Waals surface area contributed by atoms with Gasteiger partial charge in [0.15, 0.2) is 0 Å². The van der Waals surface area contributed by atoms with Crippen molar-refractivity contribution in [1.82, 2.24) is 0 Å². The number of nitrogens with one attached hydrogen (secondary N) is 1. The van der Waals surface area contributed by atoms with Crippen LogP contribution in [0.5, 0.6) is 0 Å². The van der Waals surface area contributed by atoms with Crippen LogP contribution in [0, 0.1) is 6.92 Å². The lowest BCUT2D eigenvalue weighted by Gasteiger charge is -2.13. The van der Waals surface area contributed by atoms with E-state index in [4.69, 9.17) is 5.73 Å². The van der Waals surface area contributed by atoms with Gasteiger partial charge in [-0.25, -0.2) is 8.42 Å². The second-order valence-electron chi connectivity index (χ2n) is 4.27. The van der Waals surface area contributed by atoms with Crippen LogP contribution in [-0.2, 0) is 10.0 Å². The fourth-order valence-corrected chi connectivity index (χ4v) is 4.38. The standard InChI is InChI=1S/C13H12Br2N2O2S/c1-8-3-2-4-10(5-8)20(18,19)17-13-11(15)6-9(14)7-12(13)16/h2-7,17H,16H2,1H3. The third-order valence-corrected chi connectivity index (χ3v) is 5.05. The minimum absolute atomic E-state index is 0.201. The number of hydrogen-bond acceptors (Lipinski definition) is 3. The smallest absolute Gasteiger partial charge is 0.262 e. The van der Waals surface area contributed by atoms with Gasteiger partial charge >= 0.3 is 0 Å². The van der Waals surface area contributed by atoms with Crippen LogP contribution in [0.1, 0.15) is 5.56 Å². The Balaban J connectivity index is 2.44. The highest BCUT2D eigenvalue weighted by Crippen LogP contribution is 2.34. The maximum Gasteiger partial charge on any atom is 0.262 e. The lowest BCUT2D eigenvalue weighted by Crippen LogP contribution is -2.14. The average Bonchev–Trinajstić information content (AvgIpc) is 2.34. The van der Waals surface area contributed by atoms with Gasteiger partial charge in [-0.05, 0) is 52.7 Å². The number of nitrogens with two attached hydrogens (primary N) is 1. The summed E-state index contributed by atoms with van der Waals surface area (Å²) in [5.41, 5.74) is 7.39. The van der Waals surface area contributed by atoms with E-state index < -0.39 is 10.0 Å². The molecule has 0 aromatic heterocycles. The van der Waals surface area contributed by atoms with E-state index >= 15 is 0 Å².